The summed E-state index contributed by atoms with van der Waals surface area (Å²) in [4.78, 5) is 11.2. The van der Waals surface area contributed by atoms with Crippen LogP contribution < -0.4 is 16.8 Å². The molecule has 0 unspecified atom stereocenters. The maximum Gasteiger partial charge on any atom is 0.250 e. The van der Waals surface area contributed by atoms with Crippen molar-refractivity contribution >= 4 is 17.3 Å². The lowest BCUT2D eigenvalue weighted by Crippen LogP contribution is -2.15. The van der Waals surface area contributed by atoms with Crippen LogP contribution in [0.2, 0.25) is 0 Å². The Hall–Kier alpha value is -2.49. The van der Waals surface area contributed by atoms with Gasteiger partial charge >= 0.3 is 0 Å². The van der Waals surface area contributed by atoms with Gasteiger partial charge in [-0.25, -0.2) is 0 Å². The predicted molar refractivity (Wildman–Crippen MR) is 78.0 cm³/mol. The number of hydrogen-bond acceptors (Lipinski definition) is 3. The monoisotopic (exact) mass is 255 g/mol. The van der Waals surface area contributed by atoms with Gasteiger partial charge in [-0.3, -0.25) is 4.79 Å². The van der Waals surface area contributed by atoms with Gasteiger partial charge in [0.2, 0.25) is 0 Å². The predicted octanol–water partition coefficient (Wildman–Crippen LogP) is 2.02. The number of benzene rings is 2. The second-order valence-electron chi connectivity index (χ2n) is 4.29. The first-order valence-electron chi connectivity index (χ1n) is 6.14. The molecule has 0 fully saturated rings. The largest absolute Gasteiger partial charge is 0.396 e. The van der Waals surface area contributed by atoms with E-state index in [1.807, 2.05) is 24.3 Å². The van der Waals surface area contributed by atoms with Crippen molar-refractivity contribution in [2.45, 2.75) is 6.42 Å². The van der Waals surface area contributed by atoms with Crippen molar-refractivity contribution in [2.75, 3.05) is 17.6 Å². The number of anilines is 2. The van der Waals surface area contributed by atoms with Crippen LogP contribution >= 0.6 is 0 Å². The Morgan fingerprint density at radius 1 is 1.05 bits per heavy atom. The van der Waals surface area contributed by atoms with Crippen molar-refractivity contribution in [3.8, 4) is 0 Å². The number of carbonyl (C=O) groups excluding carboxylic acids is 1. The molecule has 2 aromatic carbocycles. The molecule has 0 aliphatic carbocycles. The molecule has 0 radical (unpaired) electrons. The zero-order valence-corrected chi connectivity index (χ0v) is 10.6. The first kappa shape index (κ1) is 13.0. The quantitative estimate of drug-likeness (QED) is 0.715. The van der Waals surface area contributed by atoms with Gasteiger partial charge in [0.25, 0.3) is 5.91 Å². The molecule has 4 nitrogen and oxygen atoms in total. The van der Waals surface area contributed by atoms with Gasteiger partial charge in [0.15, 0.2) is 0 Å². The minimum atomic E-state index is -0.510. The zero-order valence-electron chi connectivity index (χ0n) is 10.6. The number of amides is 1. The van der Waals surface area contributed by atoms with Crippen LogP contribution in [0.25, 0.3) is 0 Å². The number of nitrogens with two attached hydrogens (primary N) is 2. The highest BCUT2D eigenvalue weighted by Crippen LogP contribution is 2.22. The summed E-state index contributed by atoms with van der Waals surface area (Å²) in [6, 6.07) is 15.4. The molecule has 0 saturated heterocycles. The Labute approximate surface area is 112 Å². The highest BCUT2D eigenvalue weighted by Gasteiger charge is 2.08. The first-order valence-corrected chi connectivity index (χ1v) is 6.14. The molecule has 0 atom stereocenters. The summed E-state index contributed by atoms with van der Waals surface area (Å²) in [5, 5.41) is 3.22. The fraction of sp³-hybridized carbons (Fsp3) is 0.133. The minimum Gasteiger partial charge on any atom is -0.396 e. The average Bonchev–Trinajstić information content (AvgIpc) is 2.41. The molecule has 0 aliphatic heterocycles. The molecule has 0 heterocycles. The van der Waals surface area contributed by atoms with Gasteiger partial charge in [-0.15, -0.1) is 0 Å². The number of primary amides is 1. The molecular formula is C15H17N3O. The van der Waals surface area contributed by atoms with E-state index in [2.05, 4.69) is 17.4 Å². The van der Waals surface area contributed by atoms with Crippen LogP contribution in [0.15, 0.2) is 48.5 Å². The van der Waals surface area contributed by atoms with Crippen LogP contribution in [0, 0.1) is 0 Å². The number of hydrogen-bond donors (Lipinski definition) is 3. The summed E-state index contributed by atoms with van der Waals surface area (Å²) in [5.74, 6) is -0.510. The van der Waals surface area contributed by atoms with Gasteiger partial charge in [0, 0.05) is 6.54 Å². The van der Waals surface area contributed by atoms with E-state index in [1.165, 1.54) is 5.56 Å². The molecule has 0 aromatic heterocycles. The van der Waals surface area contributed by atoms with Gasteiger partial charge in [-0.2, -0.15) is 0 Å². The van der Waals surface area contributed by atoms with Crippen molar-refractivity contribution in [2.24, 2.45) is 5.73 Å². The van der Waals surface area contributed by atoms with E-state index in [1.54, 1.807) is 12.1 Å². The van der Waals surface area contributed by atoms with E-state index in [9.17, 15) is 4.79 Å². The number of para-hydroxylation sites is 1. The Kier molecular flexibility index (Phi) is 4.03. The summed E-state index contributed by atoms with van der Waals surface area (Å²) in [5.41, 5.74) is 13.9. The third-order valence-electron chi connectivity index (χ3n) is 2.94. The van der Waals surface area contributed by atoms with Gasteiger partial charge < -0.3 is 16.8 Å². The molecule has 19 heavy (non-hydrogen) atoms. The average molecular weight is 255 g/mol. The van der Waals surface area contributed by atoms with Crippen LogP contribution in [0.5, 0.6) is 0 Å². The standard InChI is InChI=1S/C15H17N3O/c16-14-12(15(17)19)7-4-8-13(14)18-10-9-11-5-2-1-3-6-11/h1-8,18H,9-10,16H2,(H2,17,19). The van der Waals surface area contributed by atoms with Crippen LogP contribution in [-0.4, -0.2) is 12.5 Å². The lowest BCUT2D eigenvalue weighted by atomic mass is 10.1. The third kappa shape index (κ3) is 3.25. The van der Waals surface area contributed by atoms with Gasteiger partial charge in [-0.1, -0.05) is 36.4 Å². The number of carbonyl (C=O) groups is 1. The molecule has 0 saturated carbocycles. The second kappa shape index (κ2) is 5.91. The summed E-state index contributed by atoms with van der Waals surface area (Å²) < 4.78 is 0. The molecule has 4 heteroatoms. The summed E-state index contributed by atoms with van der Waals surface area (Å²) >= 11 is 0. The van der Waals surface area contributed by atoms with E-state index in [0.29, 0.717) is 11.3 Å². The van der Waals surface area contributed by atoms with Crippen molar-refractivity contribution < 1.29 is 4.79 Å². The normalized spacial score (nSPS) is 10.1. The molecule has 2 rings (SSSR count). The molecular weight excluding hydrogens is 238 g/mol. The van der Waals surface area contributed by atoms with E-state index >= 15 is 0 Å². The fourth-order valence-electron chi connectivity index (χ4n) is 1.92. The zero-order chi connectivity index (χ0) is 13.7. The molecule has 2 aromatic rings. The summed E-state index contributed by atoms with van der Waals surface area (Å²) in [6.45, 7) is 0.746. The number of nitrogen functional groups attached to an aromatic ring is 1. The Balaban J connectivity index is 2.00. The van der Waals surface area contributed by atoms with Crippen molar-refractivity contribution in [1.82, 2.24) is 0 Å². The Morgan fingerprint density at radius 3 is 2.47 bits per heavy atom. The topological polar surface area (TPSA) is 81.1 Å². The SMILES string of the molecule is NC(=O)c1cccc(NCCc2ccccc2)c1N. The number of nitrogens with one attached hydrogen (secondary N) is 1. The summed E-state index contributed by atoms with van der Waals surface area (Å²) in [7, 11) is 0. The lowest BCUT2D eigenvalue weighted by Gasteiger charge is -2.11. The maximum absolute atomic E-state index is 11.2. The molecule has 0 bridgehead atoms. The molecule has 0 spiro atoms. The Bertz CT molecular complexity index is 567. The van der Waals surface area contributed by atoms with Crippen molar-refractivity contribution in [3.05, 3.63) is 59.7 Å². The van der Waals surface area contributed by atoms with Crippen molar-refractivity contribution in [3.63, 3.8) is 0 Å². The fourth-order valence-corrected chi connectivity index (χ4v) is 1.92. The first-order chi connectivity index (χ1) is 9.18. The highest BCUT2D eigenvalue weighted by atomic mass is 16.1. The van der Waals surface area contributed by atoms with E-state index < -0.39 is 5.91 Å². The minimum absolute atomic E-state index is 0.352. The highest BCUT2D eigenvalue weighted by molar-refractivity contribution is 6.00. The maximum atomic E-state index is 11.2. The molecule has 98 valence electrons. The Morgan fingerprint density at radius 2 is 1.79 bits per heavy atom. The van der Waals surface area contributed by atoms with Gasteiger partial charge in [0.1, 0.15) is 0 Å². The number of rotatable bonds is 5. The van der Waals surface area contributed by atoms with Crippen LogP contribution in [0.4, 0.5) is 11.4 Å². The molecule has 1 amide bonds. The molecule has 5 N–H and O–H groups in total. The van der Waals surface area contributed by atoms with Gasteiger partial charge in [-0.05, 0) is 24.1 Å². The van der Waals surface area contributed by atoms with E-state index in [-0.39, 0.29) is 0 Å². The van der Waals surface area contributed by atoms with Crippen molar-refractivity contribution in [1.29, 1.82) is 0 Å². The lowest BCUT2D eigenvalue weighted by molar-refractivity contribution is 0.100. The van der Waals surface area contributed by atoms with Crippen LogP contribution in [0.3, 0.4) is 0 Å². The summed E-state index contributed by atoms with van der Waals surface area (Å²) in [6.07, 6.45) is 0.890. The smallest absolute Gasteiger partial charge is 0.250 e. The van der Waals surface area contributed by atoms with Crippen LogP contribution in [0.1, 0.15) is 15.9 Å². The van der Waals surface area contributed by atoms with Crippen LogP contribution in [-0.2, 0) is 6.42 Å². The molecule has 0 aliphatic rings. The third-order valence-corrected chi connectivity index (χ3v) is 2.94. The van der Waals surface area contributed by atoms with E-state index in [0.717, 1.165) is 18.7 Å². The van der Waals surface area contributed by atoms with E-state index in [4.69, 9.17) is 11.5 Å². The van der Waals surface area contributed by atoms with Gasteiger partial charge in [0.05, 0.1) is 16.9 Å². The second-order valence-corrected chi connectivity index (χ2v) is 4.29.